The van der Waals surface area contributed by atoms with Crippen molar-refractivity contribution < 1.29 is 0 Å². The Bertz CT molecular complexity index is 1260. The lowest BCUT2D eigenvalue weighted by Gasteiger charge is -2.24. The van der Waals surface area contributed by atoms with Gasteiger partial charge in [-0.3, -0.25) is 0 Å². The van der Waals surface area contributed by atoms with E-state index in [0.29, 0.717) is 0 Å². The summed E-state index contributed by atoms with van der Waals surface area (Å²) in [5.41, 5.74) is 5.22. The second-order valence-corrected chi connectivity index (χ2v) is 13.2. The Kier molecular flexibility index (Phi) is 13.1. The van der Waals surface area contributed by atoms with Crippen molar-refractivity contribution in [2.75, 3.05) is 36.0 Å². The molecule has 4 heteroatoms. The Labute approximate surface area is 263 Å². The van der Waals surface area contributed by atoms with Crippen molar-refractivity contribution in [2.45, 2.75) is 79.1 Å². The first-order chi connectivity index (χ1) is 20.6. The Morgan fingerprint density at radius 2 is 0.786 bits per heavy atom. The lowest BCUT2D eigenvalue weighted by atomic mass is 10.1. The van der Waals surface area contributed by atoms with Gasteiger partial charge in [0, 0.05) is 47.3 Å². The molecule has 2 aromatic heterocycles. The highest BCUT2D eigenvalue weighted by Gasteiger charge is 2.09. The van der Waals surface area contributed by atoms with Crippen LogP contribution in [0.3, 0.4) is 0 Å². The number of rotatable bonds is 16. The predicted molar refractivity (Wildman–Crippen MR) is 190 cm³/mol. The number of thiophene rings is 2. The lowest BCUT2D eigenvalue weighted by molar-refractivity contribution is 0.678. The van der Waals surface area contributed by atoms with Crippen LogP contribution in [0.15, 0.2) is 72.8 Å². The van der Waals surface area contributed by atoms with Gasteiger partial charge in [0.1, 0.15) is 0 Å². The van der Waals surface area contributed by atoms with E-state index in [1.54, 1.807) is 22.7 Å². The molecule has 0 aliphatic carbocycles. The van der Waals surface area contributed by atoms with Crippen LogP contribution in [0.5, 0.6) is 0 Å². The number of hydrogen-bond acceptors (Lipinski definition) is 4. The number of hydrogen-bond donors (Lipinski definition) is 0. The minimum absolute atomic E-state index is 1.11. The van der Waals surface area contributed by atoms with Crippen LogP contribution in [-0.4, -0.2) is 26.2 Å². The lowest BCUT2D eigenvalue weighted by Crippen LogP contribution is -2.25. The molecule has 0 bridgehead atoms. The molecule has 2 aromatic carbocycles. The van der Waals surface area contributed by atoms with E-state index in [9.17, 15) is 0 Å². The third kappa shape index (κ3) is 9.25. The predicted octanol–water partition coefficient (Wildman–Crippen LogP) is 11.4. The number of unbranched alkanes of at least 4 members (excludes halogenated alkanes) is 4. The molecule has 4 aromatic rings. The summed E-state index contributed by atoms with van der Waals surface area (Å²) in [6, 6.07) is 27.0. The maximum atomic E-state index is 3.42. The summed E-state index contributed by atoms with van der Waals surface area (Å²) in [5, 5.41) is 0. The van der Waals surface area contributed by atoms with Gasteiger partial charge in [-0.1, -0.05) is 77.6 Å². The molecule has 2 heterocycles. The highest BCUT2D eigenvalue weighted by atomic mass is 32.1. The van der Waals surface area contributed by atoms with Crippen molar-refractivity contribution in [3.63, 3.8) is 0 Å². The summed E-state index contributed by atoms with van der Waals surface area (Å²) in [5.74, 6) is 6.84. The van der Waals surface area contributed by atoms with E-state index in [2.05, 4.69) is 122 Å². The Morgan fingerprint density at radius 3 is 1.10 bits per heavy atom. The Balaban J connectivity index is 1.40. The van der Waals surface area contributed by atoms with E-state index in [1.807, 2.05) is 0 Å². The molecule has 0 fully saturated rings. The first-order valence-electron chi connectivity index (χ1n) is 16.1. The summed E-state index contributed by atoms with van der Waals surface area (Å²) in [7, 11) is 0. The van der Waals surface area contributed by atoms with Crippen LogP contribution in [0.4, 0.5) is 11.4 Å². The third-order valence-corrected chi connectivity index (χ3v) is 9.78. The molecule has 0 N–H and O–H groups in total. The maximum absolute atomic E-state index is 3.42. The van der Waals surface area contributed by atoms with Crippen LogP contribution in [0.25, 0.3) is 20.9 Å². The van der Waals surface area contributed by atoms with Crippen LogP contribution >= 0.6 is 22.7 Å². The SMILES string of the molecule is CCCCN(CCCC)c1ccc(-c2ccc(C#Cc3ccc(-c4ccc(N(CCCC)CCCC)cc4)s3)s2)cc1. The van der Waals surface area contributed by atoms with Crippen molar-refractivity contribution in [3.8, 4) is 32.7 Å². The van der Waals surface area contributed by atoms with E-state index in [1.165, 1.54) is 83.6 Å². The van der Waals surface area contributed by atoms with Crippen molar-refractivity contribution in [1.29, 1.82) is 0 Å². The summed E-state index contributed by atoms with van der Waals surface area (Å²) < 4.78 is 0. The van der Waals surface area contributed by atoms with Gasteiger partial charge in [-0.25, -0.2) is 0 Å². The molecular formula is C38H48N2S2. The van der Waals surface area contributed by atoms with Crippen LogP contribution in [0, 0.1) is 11.8 Å². The van der Waals surface area contributed by atoms with Crippen LogP contribution in [-0.2, 0) is 0 Å². The number of anilines is 2. The van der Waals surface area contributed by atoms with Crippen molar-refractivity contribution >= 4 is 34.0 Å². The smallest absolute Gasteiger partial charge is 0.0779 e. The van der Waals surface area contributed by atoms with Gasteiger partial charge in [-0.05, 0) is 97.2 Å². The molecule has 0 saturated carbocycles. The number of nitrogens with zero attached hydrogens (tertiary/aromatic N) is 2. The fourth-order valence-electron chi connectivity index (χ4n) is 5.05. The zero-order valence-corrected chi connectivity index (χ0v) is 27.8. The first kappa shape index (κ1) is 31.9. The van der Waals surface area contributed by atoms with Gasteiger partial charge in [0.2, 0.25) is 0 Å². The normalized spacial score (nSPS) is 10.9. The second kappa shape index (κ2) is 17.2. The molecule has 0 unspecified atom stereocenters. The topological polar surface area (TPSA) is 6.48 Å². The van der Waals surface area contributed by atoms with Crippen LogP contribution < -0.4 is 9.80 Å². The molecule has 2 nitrogen and oxygen atoms in total. The fraction of sp³-hybridized carbons (Fsp3) is 0.421. The molecule has 0 radical (unpaired) electrons. The van der Waals surface area contributed by atoms with Crippen molar-refractivity contribution in [1.82, 2.24) is 0 Å². The summed E-state index contributed by atoms with van der Waals surface area (Å²) in [6.07, 6.45) is 9.91. The average molecular weight is 597 g/mol. The molecule has 222 valence electrons. The van der Waals surface area contributed by atoms with E-state index in [-0.39, 0.29) is 0 Å². The zero-order valence-electron chi connectivity index (χ0n) is 26.1. The quantitative estimate of drug-likeness (QED) is 0.119. The van der Waals surface area contributed by atoms with Gasteiger partial charge in [-0.15, -0.1) is 22.7 Å². The van der Waals surface area contributed by atoms with Gasteiger partial charge >= 0.3 is 0 Å². The van der Waals surface area contributed by atoms with Crippen molar-refractivity contribution in [2.24, 2.45) is 0 Å². The molecule has 0 saturated heterocycles. The van der Waals surface area contributed by atoms with E-state index >= 15 is 0 Å². The highest BCUT2D eigenvalue weighted by Crippen LogP contribution is 2.32. The maximum Gasteiger partial charge on any atom is 0.0779 e. The third-order valence-electron chi connectivity index (χ3n) is 7.68. The standard InChI is InChI=1S/C38H48N2S2/c1-5-9-27-39(28-10-6-2)33-17-13-31(14-18-33)37-25-23-35(41-37)21-22-36-24-26-38(42-36)32-15-19-34(20-16-32)40(29-11-7-3)30-12-8-4/h13-20,23-26H,5-12,27-30H2,1-4H3. The monoisotopic (exact) mass is 596 g/mol. The Morgan fingerprint density at radius 1 is 0.452 bits per heavy atom. The summed E-state index contributed by atoms with van der Waals surface area (Å²) in [4.78, 5) is 9.86. The molecule has 0 aliphatic rings. The van der Waals surface area contributed by atoms with E-state index in [4.69, 9.17) is 0 Å². The van der Waals surface area contributed by atoms with Gasteiger partial charge in [-0.2, -0.15) is 0 Å². The molecule has 0 atom stereocenters. The molecule has 0 amide bonds. The molecule has 0 spiro atoms. The van der Waals surface area contributed by atoms with Crippen LogP contribution in [0.2, 0.25) is 0 Å². The van der Waals surface area contributed by atoms with Gasteiger partial charge < -0.3 is 9.80 Å². The molecule has 0 aliphatic heterocycles. The minimum Gasteiger partial charge on any atom is -0.372 e. The largest absolute Gasteiger partial charge is 0.372 e. The van der Waals surface area contributed by atoms with E-state index < -0.39 is 0 Å². The second-order valence-electron chi connectivity index (χ2n) is 11.1. The summed E-state index contributed by atoms with van der Waals surface area (Å²) in [6.45, 7) is 13.6. The van der Waals surface area contributed by atoms with Gasteiger partial charge in [0.15, 0.2) is 0 Å². The summed E-state index contributed by atoms with van der Waals surface area (Å²) >= 11 is 3.56. The van der Waals surface area contributed by atoms with Crippen LogP contribution in [0.1, 0.15) is 88.8 Å². The average Bonchev–Trinajstić information content (AvgIpc) is 3.71. The zero-order chi connectivity index (χ0) is 29.6. The fourth-order valence-corrected chi connectivity index (χ4v) is 6.78. The highest BCUT2D eigenvalue weighted by molar-refractivity contribution is 7.16. The minimum atomic E-state index is 1.11. The van der Waals surface area contributed by atoms with Crippen molar-refractivity contribution in [3.05, 3.63) is 82.6 Å². The number of benzene rings is 2. The Hall–Kier alpha value is -3.00. The van der Waals surface area contributed by atoms with Gasteiger partial charge in [0.05, 0.1) is 9.75 Å². The molecular weight excluding hydrogens is 549 g/mol. The first-order valence-corrected chi connectivity index (χ1v) is 17.7. The van der Waals surface area contributed by atoms with Gasteiger partial charge in [0.25, 0.3) is 0 Å². The molecule has 42 heavy (non-hydrogen) atoms. The molecule has 4 rings (SSSR count). The van der Waals surface area contributed by atoms with E-state index in [0.717, 1.165) is 35.9 Å².